The van der Waals surface area contributed by atoms with Crippen molar-refractivity contribution in [3.8, 4) is 5.75 Å². The Balaban J connectivity index is 1.75. The Labute approximate surface area is 113 Å². The van der Waals surface area contributed by atoms with Crippen molar-refractivity contribution >= 4 is 0 Å². The monoisotopic (exact) mass is 260 g/mol. The maximum Gasteiger partial charge on any atom is 0.138 e. The standard InChI is InChI=1S/C14H20N4O/c1-11-4-3-5-13(8-11)19-7-6-12(15)9-14-16-10-17-18(14)2/h3-5,8,10,12H,6-7,9,15H2,1-2H3. The fourth-order valence-corrected chi connectivity index (χ4v) is 1.87. The van der Waals surface area contributed by atoms with Gasteiger partial charge in [-0.1, -0.05) is 12.1 Å². The number of aromatic nitrogens is 3. The van der Waals surface area contributed by atoms with Crippen LogP contribution in [0.4, 0.5) is 0 Å². The van der Waals surface area contributed by atoms with Gasteiger partial charge >= 0.3 is 0 Å². The summed E-state index contributed by atoms with van der Waals surface area (Å²) < 4.78 is 7.44. The molecule has 0 radical (unpaired) electrons. The van der Waals surface area contributed by atoms with Crippen molar-refractivity contribution in [1.29, 1.82) is 0 Å². The summed E-state index contributed by atoms with van der Waals surface area (Å²) in [7, 11) is 1.87. The van der Waals surface area contributed by atoms with Gasteiger partial charge in [0, 0.05) is 19.5 Å². The van der Waals surface area contributed by atoms with E-state index in [9.17, 15) is 0 Å². The minimum Gasteiger partial charge on any atom is -0.494 e. The molecule has 1 unspecified atom stereocenters. The predicted octanol–water partition coefficient (Wildman–Crippen LogP) is 1.46. The Bertz CT molecular complexity index is 524. The number of benzene rings is 1. The third-order valence-electron chi connectivity index (χ3n) is 3.00. The van der Waals surface area contributed by atoms with Crippen molar-refractivity contribution in [3.63, 3.8) is 0 Å². The highest BCUT2D eigenvalue weighted by Crippen LogP contribution is 2.12. The average Bonchev–Trinajstić information content (AvgIpc) is 2.75. The summed E-state index contributed by atoms with van der Waals surface area (Å²) in [6.07, 6.45) is 3.06. The third-order valence-corrected chi connectivity index (χ3v) is 3.00. The molecule has 5 nitrogen and oxygen atoms in total. The first kappa shape index (κ1) is 13.5. The van der Waals surface area contributed by atoms with Crippen LogP contribution in [0.5, 0.6) is 5.75 Å². The summed E-state index contributed by atoms with van der Waals surface area (Å²) in [5.74, 6) is 1.80. The summed E-state index contributed by atoms with van der Waals surface area (Å²) in [5, 5.41) is 4.03. The lowest BCUT2D eigenvalue weighted by Gasteiger charge is -2.12. The van der Waals surface area contributed by atoms with E-state index in [2.05, 4.69) is 10.1 Å². The third kappa shape index (κ3) is 4.06. The van der Waals surface area contributed by atoms with Crippen molar-refractivity contribution in [2.75, 3.05) is 6.61 Å². The molecule has 0 fully saturated rings. The van der Waals surface area contributed by atoms with E-state index in [1.165, 1.54) is 5.56 Å². The van der Waals surface area contributed by atoms with E-state index in [1.807, 2.05) is 38.2 Å². The lowest BCUT2D eigenvalue weighted by atomic mass is 10.1. The number of rotatable bonds is 6. The van der Waals surface area contributed by atoms with Gasteiger partial charge < -0.3 is 10.5 Å². The smallest absolute Gasteiger partial charge is 0.138 e. The molecule has 0 saturated heterocycles. The Morgan fingerprint density at radius 3 is 2.95 bits per heavy atom. The molecule has 2 rings (SSSR count). The lowest BCUT2D eigenvalue weighted by Crippen LogP contribution is -2.26. The van der Waals surface area contributed by atoms with E-state index in [1.54, 1.807) is 11.0 Å². The molecule has 2 N–H and O–H groups in total. The van der Waals surface area contributed by atoms with Crippen LogP contribution in [0, 0.1) is 6.92 Å². The second-order valence-corrected chi connectivity index (χ2v) is 4.72. The van der Waals surface area contributed by atoms with Crippen LogP contribution >= 0.6 is 0 Å². The molecule has 19 heavy (non-hydrogen) atoms. The molecule has 0 aliphatic rings. The number of nitrogens with zero attached hydrogens (tertiary/aromatic N) is 3. The molecule has 0 saturated carbocycles. The van der Waals surface area contributed by atoms with Gasteiger partial charge in [0.05, 0.1) is 6.61 Å². The molecule has 0 amide bonds. The van der Waals surface area contributed by atoms with E-state index < -0.39 is 0 Å². The van der Waals surface area contributed by atoms with Crippen LogP contribution in [0.3, 0.4) is 0 Å². The minimum atomic E-state index is 0.0349. The zero-order valence-corrected chi connectivity index (χ0v) is 11.4. The normalized spacial score (nSPS) is 12.4. The van der Waals surface area contributed by atoms with Gasteiger partial charge in [-0.15, -0.1) is 0 Å². The van der Waals surface area contributed by atoms with Crippen LogP contribution in [0.15, 0.2) is 30.6 Å². The van der Waals surface area contributed by atoms with E-state index in [-0.39, 0.29) is 6.04 Å². The van der Waals surface area contributed by atoms with Gasteiger partial charge in [-0.2, -0.15) is 5.10 Å². The molecule has 0 spiro atoms. The van der Waals surface area contributed by atoms with Crippen molar-refractivity contribution in [2.45, 2.75) is 25.8 Å². The van der Waals surface area contributed by atoms with Gasteiger partial charge in [-0.3, -0.25) is 4.68 Å². The summed E-state index contributed by atoms with van der Waals surface area (Å²) in [6, 6.07) is 8.05. The van der Waals surface area contributed by atoms with Crippen LogP contribution in [-0.2, 0) is 13.5 Å². The molecule has 0 bridgehead atoms. The van der Waals surface area contributed by atoms with Crippen LogP contribution in [0.25, 0.3) is 0 Å². The van der Waals surface area contributed by atoms with Crippen LogP contribution in [-0.4, -0.2) is 27.4 Å². The second-order valence-electron chi connectivity index (χ2n) is 4.72. The van der Waals surface area contributed by atoms with Gasteiger partial charge in [0.15, 0.2) is 0 Å². The maximum atomic E-state index is 6.07. The van der Waals surface area contributed by atoms with Crippen LogP contribution in [0.2, 0.25) is 0 Å². The Kier molecular flexibility index (Phi) is 4.52. The SMILES string of the molecule is Cc1cccc(OCCC(N)Cc2ncnn2C)c1. The molecule has 0 aliphatic carbocycles. The highest BCUT2D eigenvalue weighted by molar-refractivity contribution is 5.27. The minimum absolute atomic E-state index is 0.0349. The van der Waals surface area contributed by atoms with Crippen LogP contribution < -0.4 is 10.5 Å². The molecule has 0 aliphatic heterocycles. The number of hydrogen-bond donors (Lipinski definition) is 1. The quantitative estimate of drug-likeness (QED) is 0.854. The zero-order valence-electron chi connectivity index (χ0n) is 11.4. The second kappa shape index (κ2) is 6.33. The van der Waals surface area contributed by atoms with Gasteiger partial charge in [-0.05, 0) is 31.0 Å². The molecule has 5 heteroatoms. The summed E-state index contributed by atoms with van der Waals surface area (Å²) in [6.45, 7) is 2.66. The van der Waals surface area contributed by atoms with E-state index >= 15 is 0 Å². The largest absolute Gasteiger partial charge is 0.494 e. The molecule has 102 valence electrons. The molecule has 1 heterocycles. The number of ether oxygens (including phenoxy) is 1. The molecular weight excluding hydrogens is 240 g/mol. The van der Waals surface area contributed by atoms with Gasteiger partial charge in [0.1, 0.15) is 17.9 Å². The first-order chi connectivity index (χ1) is 9.15. The fourth-order valence-electron chi connectivity index (χ4n) is 1.87. The molecule has 1 aromatic carbocycles. The summed E-state index contributed by atoms with van der Waals surface area (Å²) in [5.41, 5.74) is 7.26. The van der Waals surface area contributed by atoms with Gasteiger partial charge in [0.2, 0.25) is 0 Å². The summed E-state index contributed by atoms with van der Waals surface area (Å²) in [4.78, 5) is 4.16. The number of nitrogens with two attached hydrogens (primary N) is 1. The Hall–Kier alpha value is -1.88. The molecule has 1 atom stereocenters. The van der Waals surface area contributed by atoms with Gasteiger partial charge in [-0.25, -0.2) is 4.98 Å². The first-order valence-electron chi connectivity index (χ1n) is 6.43. The highest BCUT2D eigenvalue weighted by atomic mass is 16.5. The topological polar surface area (TPSA) is 66.0 Å². The zero-order chi connectivity index (χ0) is 13.7. The Morgan fingerprint density at radius 2 is 2.26 bits per heavy atom. The molecule has 1 aromatic heterocycles. The molecule has 2 aromatic rings. The predicted molar refractivity (Wildman–Crippen MR) is 74.0 cm³/mol. The summed E-state index contributed by atoms with van der Waals surface area (Å²) >= 11 is 0. The highest BCUT2D eigenvalue weighted by Gasteiger charge is 2.08. The van der Waals surface area contributed by atoms with E-state index in [0.29, 0.717) is 13.0 Å². The van der Waals surface area contributed by atoms with Crippen molar-refractivity contribution in [2.24, 2.45) is 12.8 Å². The lowest BCUT2D eigenvalue weighted by molar-refractivity contribution is 0.296. The Morgan fingerprint density at radius 1 is 1.42 bits per heavy atom. The number of hydrogen-bond acceptors (Lipinski definition) is 4. The molecular formula is C14H20N4O. The first-order valence-corrected chi connectivity index (χ1v) is 6.43. The maximum absolute atomic E-state index is 6.07. The van der Waals surface area contributed by atoms with Gasteiger partial charge in [0.25, 0.3) is 0 Å². The van der Waals surface area contributed by atoms with E-state index in [4.69, 9.17) is 10.5 Å². The fraction of sp³-hybridized carbons (Fsp3) is 0.429. The van der Waals surface area contributed by atoms with Crippen molar-refractivity contribution in [3.05, 3.63) is 42.0 Å². The van der Waals surface area contributed by atoms with Crippen LogP contribution in [0.1, 0.15) is 17.8 Å². The number of aryl methyl sites for hydroxylation is 2. The van der Waals surface area contributed by atoms with Crippen molar-refractivity contribution in [1.82, 2.24) is 14.8 Å². The average molecular weight is 260 g/mol. The van der Waals surface area contributed by atoms with E-state index in [0.717, 1.165) is 18.0 Å². The van der Waals surface area contributed by atoms with Crippen molar-refractivity contribution < 1.29 is 4.74 Å².